The number of furan rings is 1. The number of nitrogens with zero attached hydrogens (tertiary/aromatic N) is 2. The van der Waals surface area contributed by atoms with Gasteiger partial charge in [0.25, 0.3) is 5.91 Å². The third kappa shape index (κ3) is 4.67. The summed E-state index contributed by atoms with van der Waals surface area (Å²) < 4.78 is 10.1. The molecule has 2 aromatic heterocycles. The molecule has 25 heavy (non-hydrogen) atoms. The van der Waals surface area contributed by atoms with E-state index >= 15 is 0 Å². The van der Waals surface area contributed by atoms with Crippen LogP contribution in [-0.2, 0) is 4.74 Å². The largest absolute Gasteiger partial charge is 0.468 e. The number of methoxy groups -OCH3 is 1. The number of rotatable bonds is 8. The van der Waals surface area contributed by atoms with E-state index in [1.165, 1.54) is 13.2 Å². The standard InChI is InChI=1S/C18H23N3O4/c1-4-21(5-2)15(16-10-7-11-25-16)12-19-17(22)13-8-6-9-14(20-13)18(23)24-3/h6-11,15H,4-5,12H2,1-3H3,(H,19,22). The van der Waals surface area contributed by atoms with Crippen LogP contribution in [-0.4, -0.2) is 48.5 Å². The first-order valence-electron chi connectivity index (χ1n) is 8.21. The Morgan fingerprint density at radius 1 is 1.20 bits per heavy atom. The molecule has 0 aliphatic heterocycles. The van der Waals surface area contributed by atoms with Crippen molar-refractivity contribution in [2.75, 3.05) is 26.7 Å². The van der Waals surface area contributed by atoms with Crippen LogP contribution in [0.4, 0.5) is 0 Å². The van der Waals surface area contributed by atoms with Gasteiger partial charge in [0.2, 0.25) is 0 Å². The second-order valence-electron chi connectivity index (χ2n) is 5.36. The lowest BCUT2D eigenvalue weighted by Crippen LogP contribution is -2.38. The average Bonchev–Trinajstić information content (AvgIpc) is 3.18. The lowest BCUT2D eigenvalue weighted by Gasteiger charge is -2.28. The van der Waals surface area contributed by atoms with Crippen molar-refractivity contribution >= 4 is 11.9 Å². The summed E-state index contributed by atoms with van der Waals surface area (Å²) in [5.74, 6) is -0.138. The highest BCUT2D eigenvalue weighted by atomic mass is 16.5. The van der Waals surface area contributed by atoms with Gasteiger partial charge >= 0.3 is 5.97 Å². The van der Waals surface area contributed by atoms with E-state index in [2.05, 4.69) is 33.8 Å². The fourth-order valence-electron chi connectivity index (χ4n) is 2.61. The van der Waals surface area contributed by atoms with Gasteiger partial charge in [-0.05, 0) is 37.4 Å². The molecule has 0 aliphatic rings. The number of hydrogen-bond acceptors (Lipinski definition) is 6. The highest BCUT2D eigenvalue weighted by Crippen LogP contribution is 2.20. The molecule has 1 amide bonds. The van der Waals surface area contributed by atoms with Gasteiger partial charge in [-0.3, -0.25) is 9.69 Å². The molecule has 0 bridgehead atoms. The first kappa shape index (κ1) is 18.7. The van der Waals surface area contributed by atoms with E-state index < -0.39 is 5.97 Å². The Hall–Kier alpha value is -2.67. The summed E-state index contributed by atoms with van der Waals surface area (Å²) in [6, 6.07) is 8.31. The summed E-state index contributed by atoms with van der Waals surface area (Å²) in [4.78, 5) is 30.2. The van der Waals surface area contributed by atoms with Crippen molar-refractivity contribution in [3.63, 3.8) is 0 Å². The van der Waals surface area contributed by atoms with E-state index in [9.17, 15) is 9.59 Å². The van der Waals surface area contributed by atoms with Crippen LogP contribution in [0.15, 0.2) is 41.0 Å². The molecule has 2 heterocycles. The molecule has 134 valence electrons. The molecule has 1 unspecified atom stereocenters. The summed E-state index contributed by atoms with van der Waals surface area (Å²) in [6.45, 7) is 6.14. The van der Waals surface area contributed by atoms with Crippen molar-refractivity contribution in [2.45, 2.75) is 19.9 Å². The van der Waals surface area contributed by atoms with Gasteiger partial charge in [0.15, 0.2) is 0 Å². The first-order chi connectivity index (χ1) is 12.1. The maximum absolute atomic E-state index is 12.4. The number of nitrogens with one attached hydrogen (secondary N) is 1. The topological polar surface area (TPSA) is 84.7 Å². The molecular formula is C18H23N3O4. The van der Waals surface area contributed by atoms with Crippen LogP contribution in [0.1, 0.15) is 46.6 Å². The molecule has 0 radical (unpaired) electrons. The second kappa shape index (κ2) is 8.98. The number of likely N-dealkylation sites (N-methyl/N-ethyl adjacent to an activating group) is 1. The smallest absolute Gasteiger partial charge is 0.356 e. The number of hydrogen-bond donors (Lipinski definition) is 1. The lowest BCUT2D eigenvalue weighted by atomic mass is 10.1. The fourth-order valence-corrected chi connectivity index (χ4v) is 2.61. The molecule has 1 atom stereocenters. The highest BCUT2D eigenvalue weighted by molar-refractivity contribution is 5.94. The summed E-state index contributed by atoms with van der Waals surface area (Å²) in [6.07, 6.45) is 1.62. The molecule has 0 saturated heterocycles. The molecule has 7 heteroatoms. The minimum Gasteiger partial charge on any atom is -0.468 e. The van der Waals surface area contributed by atoms with Crippen molar-refractivity contribution in [1.82, 2.24) is 15.2 Å². The number of aromatic nitrogens is 1. The van der Waals surface area contributed by atoms with E-state index in [1.54, 1.807) is 18.4 Å². The summed E-state index contributed by atoms with van der Waals surface area (Å²) in [5, 5.41) is 2.87. The van der Waals surface area contributed by atoms with Crippen LogP contribution in [0.25, 0.3) is 0 Å². The van der Waals surface area contributed by atoms with Gasteiger partial charge in [-0.15, -0.1) is 0 Å². The van der Waals surface area contributed by atoms with Crippen LogP contribution in [0.2, 0.25) is 0 Å². The van der Waals surface area contributed by atoms with E-state index in [4.69, 9.17) is 4.42 Å². The zero-order valence-electron chi connectivity index (χ0n) is 14.7. The van der Waals surface area contributed by atoms with Crippen molar-refractivity contribution in [3.05, 3.63) is 53.7 Å². The normalized spacial score (nSPS) is 12.0. The fraction of sp³-hybridized carbons (Fsp3) is 0.389. The number of carbonyl (C=O) groups is 2. The van der Waals surface area contributed by atoms with Crippen LogP contribution in [0, 0.1) is 0 Å². The van der Waals surface area contributed by atoms with Crippen LogP contribution in [0.5, 0.6) is 0 Å². The van der Waals surface area contributed by atoms with Crippen LogP contribution < -0.4 is 5.32 Å². The number of ether oxygens (including phenoxy) is 1. The van der Waals surface area contributed by atoms with Crippen molar-refractivity contribution in [3.8, 4) is 0 Å². The SMILES string of the molecule is CCN(CC)C(CNC(=O)c1cccc(C(=O)OC)n1)c1ccco1. The van der Waals surface area contributed by atoms with Crippen LogP contribution in [0.3, 0.4) is 0 Å². The maximum atomic E-state index is 12.4. The molecule has 0 aromatic carbocycles. The molecule has 2 rings (SSSR count). The minimum atomic E-state index is -0.578. The van der Waals surface area contributed by atoms with E-state index in [0.29, 0.717) is 6.54 Å². The van der Waals surface area contributed by atoms with E-state index in [0.717, 1.165) is 18.8 Å². The molecular weight excluding hydrogens is 322 g/mol. The Balaban J connectivity index is 2.10. The molecule has 0 saturated carbocycles. The van der Waals surface area contributed by atoms with Crippen molar-refractivity contribution in [2.24, 2.45) is 0 Å². The Morgan fingerprint density at radius 3 is 2.52 bits per heavy atom. The molecule has 2 aromatic rings. The van der Waals surface area contributed by atoms with Gasteiger partial charge in [-0.25, -0.2) is 9.78 Å². The molecule has 7 nitrogen and oxygen atoms in total. The van der Waals surface area contributed by atoms with Gasteiger partial charge in [-0.1, -0.05) is 19.9 Å². The zero-order chi connectivity index (χ0) is 18.2. The Kier molecular flexibility index (Phi) is 6.71. The van der Waals surface area contributed by atoms with Gasteiger partial charge in [0.1, 0.15) is 17.1 Å². The first-order valence-corrected chi connectivity index (χ1v) is 8.21. The predicted octanol–water partition coefficient (Wildman–Crippen LogP) is 2.27. The van der Waals surface area contributed by atoms with Crippen LogP contribution >= 0.6 is 0 Å². The van der Waals surface area contributed by atoms with Gasteiger partial charge < -0.3 is 14.5 Å². The minimum absolute atomic E-state index is 0.0715. The van der Waals surface area contributed by atoms with E-state index in [1.807, 2.05) is 12.1 Å². The third-order valence-corrected chi connectivity index (χ3v) is 3.96. The maximum Gasteiger partial charge on any atom is 0.356 e. The summed E-state index contributed by atoms with van der Waals surface area (Å²) >= 11 is 0. The van der Waals surface area contributed by atoms with Gasteiger partial charge in [0.05, 0.1) is 19.4 Å². The molecule has 0 aliphatic carbocycles. The second-order valence-corrected chi connectivity index (χ2v) is 5.36. The zero-order valence-corrected chi connectivity index (χ0v) is 14.7. The summed E-state index contributed by atoms with van der Waals surface area (Å²) in [7, 11) is 1.27. The summed E-state index contributed by atoms with van der Waals surface area (Å²) in [5.41, 5.74) is 0.266. The highest BCUT2D eigenvalue weighted by Gasteiger charge is 2.22. The number of pyridine rings is 1. The number of carbonyl (C=O) groups excluding carboxylic acids is 2. The number of esters is 1. The molecule has 1 N–H and O–H groups in total. The van der Waals surface area contributed by atoms with E-state index in [-0.39, 0.29) is 23.3 Å². The third-order valence-electron chi connectivity index (χ3n) is 3.96. The quantitative estimate of drug-likeness (QED) is 0.739. The van der Waals surface area contributed by atoms with Gasteiger partial charge in [-0.2, -0.15) is 0 Å². The lowest BCUT2D eigenvalue weighted by molar-refractivity contribution is 0.0594. The predicted molar refractivity (Wildman–Crippen MR) is 92.3 cm³/mol. The van der Waals surface area contributed by atoms with Crippen molar-refractivity contribution < 1.29 is 18.7 Å². The van der Waals surface area contributed by atoms with Crippen molar-refractivity contribution in [1.29, 1.82) is 0 Å². The molecule has 0 spiro atoms. The Morgan fingerprint density at radius 2 is 1.92 bits per heavy atom. The van der Waals surface area contributed by atoms with Gasteiger partial charge in [0, 0.05) is 6.54 Å². The average molecular weight is 345 g/mol. The molecule has 0 fully saturated rings. The Bertz CT molecular complexity index is 696. The Labute approximate surface area is 147 Å². The number of amides is 1. The monoisotopic (exact) mass is 345 g/mol.